The summed E-state index contributed by atoms with van der Waals surface area (Å²) in [5.74, 6) is 1.24. The quantitative estimate of drug-likeness (QED) is 0.0730. The number of halogens is 13. The molecule has 566 valence electrons. The molecule has 0 aliphatic rings. The molecule has 0 atom stereocenters. The summed E-state index contributed by atoms with van der Waals surface area (Å²) in [6, 6.07) is 52.4. The zero-order valence-electron chi connectivity index (χ0n) is 58.4. The van der Waals surface area contributed by atoms with Crippen LogP contribution in [0.4, 0.5) is 17.5 Å². The Balaban J connectivity index is 0.000000127. The Hall–Kier alpha value is -8.36. The van der Waals surface area contributed by atoms with Crippen LogP contribution >= 0.6 is 192 Å². The van der Waals surface area contributed by atoms with Gasteiger partial charge in [0.1, 0.15) is 69.6 Å². The minimum Gasteiger partial charge on any atom is -0.383 e. The first-order chi connectivity index (χ1) is 54.7. The lowest BCUT2D eigenvalue weighted by molar-refractivity contribution is 0.684. The number of hydrogen-bond donors (Lipinski definition) is 4. The standard InChI is InChI=1S/2C20H12Cl2IN7.2C15H9BrCl2N2.C5H4IN5.C2H6/c21-11-5-2-1-4-10(11)16-14(28-17-12(22)6-3-7-13(17)27-16)8-30-20-15(18(23)29-30)19(24)25-9-26-20;21-11-5-2-1-4-10(11)16-14(27-13-7-3-6-12(22)17(13)28-16)8-30-20-15(18(23)29-30)19(24)25-9-26-20;16-8-13-14(9-4-1-2-5-10(9)17)19-12-7-3-6-11(18)15(12)20-13;16-8-13-14(9-4-1-2-5-10(9)17)20-15-11(18)6-3-7-12(15)19-13;6-3-2-4(7)8-1-9-5(2)11-10-3;1-2/h2*1-7,9H,8H2,(H2,24,25,26);2*1-7H,8H2;1H,(H3,7,8,9,10,11);1-2H3. The molecule has 113 heavy (non-hydrogen) atoms. The van der Waals surface area contributed by atoms with Crippen LogP contribution in [-0.2, 0) is 23.7 Å². The fourth-order valence-corrected chi connectivity index (χ4v) is 16.2. The summed E-state index contributed by atoms with van der Waals surface area (Å²) in [7, 11) is 0. The van der Waals surface area contributed by atoms with Crippen LogP contribution in [0.25, 0.3) is 122 Å². The first kappa shape index (κ1) is 82.6. The zero-order valence-corrected chi connectivity index (χ0v) is 74.1. The van der Waals surface area contributed by atoms with Crippen LogP contribution in [0, 0.1) is 11.1 Å². The van der Waals surface area contributed by atoms with E-state index in [0.717, 1.165) is 68.9 Å². The second kappa shape index (κ2) is 37.5. The van der Waals surface area contributed by atoms with Crippen LogP contribution in [0.1, 0.15) is 36.6 Å². The van der Waals surface area contributed by atoms with E-state index >= 15 is 0 Å². The van der Waals surface area contributed by atoms with Crippen molar-refractivity contribution in [3.05, 3.63) is 263 Å². The molecule has 0 aliphatic carbocycles. The molecule has 8 aromatic carbocycles. The van der Waals surface area contributed by atoms with Crippen LogP contribution < -0.4 is 17.2 Å². The number of para-hydroxylation sites is 4. The van der Waals surface area contributed by atoms with Crippen molar-refractivity contribution in [3.8, 4) is 45.0 Å². The molecule has 0 fully saturated rings. The number of H-pyrrole nitrogens is 1. The van der Waals surface area contributed by atoms with Gasteiger partial charge in [-0.1, -0.05) is 236 Å². The molecule has 0 saturated carbocycles. The van der Waals surface area contributed by atoms with Gasteiger partial charge in [-0.3, -0.25) is 5.10 Å². The van der Waals surface area contributed by atoms with Gasteiger partial charge in [-0.25, -0.2) is 79.1 Å². The van der Waals surface area contributed by atoms with Gasteiger partial charge in [-0.05, 0) is 141 Å². The Labute approximate surface area is 741 Å². The van der Waals surface area contributed by atoms with Crippen LogP contribution in [-0.4, -0.2) is 99.5 Å². The Morgan fingerprint density at radius 2 is 0.646 bits per heavy atom. The highest BCUT2D eigenvalue weighted by atomic mass is 127. The number of aromatic amines is 1. The van der Waals surface area contributed by atoms with E-state index in [9.17, 15) is 0 Å². The molecule has 10 heterocycles. The van der Waals surface area contributed by atoms with Crippen LogP contribution in [0.3, 0.4) is 0 Å². The third-order valence-electron chi connectivity index (χ3n) is 16.6. The van der Waals surface area contributed by atoms with Gasteiger partial charge < -0.3 is 17.2 Å². The molecular weight excluding hydrogens is 2070 g/mol. The number of benzene rings is 8. The SMILES string of the molecule is CC.Clc1ccccc1-c1nc2c(Cl)cccc2nc1CBr.Clc1ccccc1-c1nc2cccc(Cl)c2nc1CBr.Nc1ncnc2c1c(I)nn2Cc1nc2c(Cl)cccc2nc1-c1ccccc1Cl.Nc1ncnc2c1c(I)nn2Cc1nc2cccc(Cl)c2nc1-c1ccccc1Cl.Nc1ncnc2n[nH]c(I)c12. The summed E-state index contributed by atoms with van der Waals surface area (Å²) in [6.45, 7) is 4.64. The van der Waals surface area contributed by atoms with Crippen molar-refractivity contribution in [2.75, 3.05) is 17.2 Å². The van der Waals surface area contributed by atoms with E-state index in [-0.39, 0.29) is 0 Å². The number of nitrogen functional groups attached to an aromatic ring is 3. The van der Waals surface area contributed by atoms with Gasteiger partial charge in [-0.2, -0.15) is 15.3 Å². The summed E-state index contributed by atoms with van der Waals surface area (Å²) in [4.78, 5) is 62.5. The van der Waals surface area contributed by atoms with E-state index in [1.54, 1.807) is 21.5 Å². The molecule has 7 N–H and O–H groups in total. The first-order valence-corrected chi connectivity index (χ1v) is 42.0. The smallest absolute Gasteiger partial charge is 0.187 e. The van der Waals surface area contributed by atoms with Crippen molar-refractivity contribution in [2.24, 2.45) is 0 Å². The van der Waals surface area contributed by atoms with E-state index in [0.29, 0.717) is 169 Å². The second-order valence-corrected chi connectivity index (χ2v) is 31.0. The van der Waals surface area contributed by atoms with Crippen molar-refractivity contribution in [1.29, 1.82) is 0 Å². The third-order valence-corrected chi connectivity index (χ3v) is 22.5. The Morgan fingerprint density at radius 1 is 0.345 bits per heavy atom. The lowest BCUT2D eigenvalue weighted by atomic mass is 10.1. The highest BCUT2D eigenvalue weighted by Gasteiger charge is 2.24. The van der Waals surface area contributed by atoms with Gasteiger partial charge in [0.25, 0.3) is 0 Å². The minimum atomic E-state index is 0.310. The number of aromatic nitrogens is 20. The molecule has 36 heteroatoms. The molecule has 0 radical (unpaired) electrons. The molecule has 0 aliphatic heterocycles. The number of nitrogens with zero attached hydrogens (tertiary/aromatic N) is 19. The van der Waals surface area contributed by atoms with Gasteiger partial charge in [0, 0.05) is 32.9 Å². The van der Waals surface area contributed by atoms with Gasteiger partial charge >= 0.3 is 0 Å². The normalized spacial score (nSPS) is 11.0. The maximum absolute atomic E-state index is 6.48. The molecule has 0 spiro atoms. The van der Waals surface area contributed by atoms with Gasteiger partial charge in [0.15, 0.2) is 16.9 Å². The predicted octanol–water partition coefficient (Wildman–Crippen LogP) is 22.5. The number of fused-ring (bicyclic) bond motifs is 7. The number of rotatable bonds is 10. The molecule has 18 aromatic rings. The van der Waals surface area contributed by atoms with E-state index in [4.69, 9.17) is 130 Å². The van der Waals surface area contributed by atoms with Crippen LogP contribution in [0.5, 0.6) is 0 Å². The highest BCUT2D eigenvalue weighted by Crippen LogP contribution is 2.38. The van der Waals surface area contributed by atoms with Gasteiger partial charge in [-0.15, -0.1) is 0 Å². The summed E-state index contributed by atoms with van der Waals surface area (Å²) in [6.07, 6.45) is 4.24. The number of alkyl halides is 2. The first-order valence-electron chi connectivity index (χ1n) is 33.5. The maximum Gasteiger partial charge on any atom is 0.187 e. The second-order valence-electron chi connectivity index (χ2n) is 23.5. The monoisotopic (exact) mass is 2120 g/mol. The fraction of sp³-hybridized carbons (Fsp3) is 0.0779. The maximum atomic E-state index is 6.48. The molecule has 0 unspecified atom stereocenters. The summed E-state index contributed by atoms with van der Waals surface area (Å²) in [5, 5.41) is 24.0. The van der Waals surface area contributed by atoms with E-state index < -0.39 is 0 Å². The predicted molar refractivity (Wildman–Crippen MR) is 489 cm³/mol. The lowest BCUT2D eigenvalue weighted by Gasteiger charge is -2.12. The minimum absolute atomic E-state index is 0.310. The van der Waals surface area contributed by atoms with Gasteiger partial charge in [0.05, 0.1) is 137 Å². The number of nitrogens with two attached hydrogens (primary N) is 3. The lowest BCUT2D eigenvalue weighted by Crippen LogP contribution is -2.08. The Morgan fingerprint density at radius 3 is 1.04 bits per heavy atom. The summed E-state index contributed by atoms with van der Waals surface area (Å²) in [5.41, 5.74) is 34.2. The van der Waals surface area contributed by atoms with Crippen LogP contribution in [0.2, 0.25) is 40.2 Å². The molecule has 0 saturated heterocycles. The topological polar surface area (TPSA) is 323 Å². The number of nitrogens with one attached hydrogen (secondary N) is 1. The third kappa shape index (κ3) is 18.2. The van der Waals surface area contributed by atoms with Gasteiger partial charge in [0.2, 0.25) is 0 Å². The van der Waals surface area contributed by atoms with E-state index in [1.807, 2.05) is 172 Å². The number of anilines is 3. The summed E-state index contributed by atoms with van der Waals surface area (Å²) >= 11 is 63.9. The largest absolute Gasteiger partial charge is 0.383 e. The number of hydrogen-bond acceptors (Lipinski definition) is 20. The van der Waals surface area contributed by atoms with Crippen molar-refractivity contribution in [3.63, 3.8) is 0 Å². The van der Waals surface area contributed by atoms with Crippen molar-refractivity contribution in [1.82, 2.24) is 99.5 Å². The molecule has 23 nitrogen and oxygen atoms in total. The highest BCUT2D eigenvalue weighted by molar-refractivity contribution is 14.1. The molecule has 18 rings (SSSR count). The van der Waals surface area contributed by atoms with E-state index in [2.05, 4.69) is 170 Å². The Kier molecular flexibility index (Phi) is 27.4. The average molecular weight is 2120 g/mol. The molecule has 10 aromatic heterocycles. The summed E-state index contributed by atoms with van der Waals surface area (Å²) < 4.78 is 5.79. The molecular formula is C77H52Br2Cl8I3N23. The van der Waals surface area contributed by atoms with E-state index in [1.165, 1.54) is 19.0 Å². The van der Waals surface area contributed by atoms with Crippen molar-refractivity contribution < 1.29 is 0 Å². The zero-order chi connectivity index (χ0) is 79.7. The Bertz CT molecular complexity index is 6610. The van der Waals surface area contributed by atoms with Crippen molar-refractivity contribution in [2.45, 2.75) is 37.6 Å². The van der Waals surface area contributed by atoms with Crippen LogP contribution in [0.15, 0.2) is 189 Å². The average Bonchev–Trinajstić information content (AvgIpc) is 1.76. The molecule has 0 amide bonds. The van der Waals surface area contributed by atoms with Crippen molar-refractivity contribution >= 4 is 287 Å². The molecule has 0 bridgehead atoms. The fourth-order valence-electron chi connectivity index (χ4n) is 11.5.